The number of carbonyl (C=O) groups is 1. The number of fused-ring (bicyclic) bond motifs is 1. The first-order valence-corrected chi connectivity index (χ1v) is 25.3. The molecule has 16 heteroatoms. The fourth-order valence-corrected chi connectivity index (χ4v) is 8.25. The van der Waals surface area contributed by atoms with Gasteiger partial charge in [0.2, 0.25) is 0 Å². The monoisotopic (exact) mass is 719 g/mol. The van der Waals surface area contributed by atoms with Crippen molar-refractivity contribution in [2.75, 3.05) is 12.3 Å². The number of hydrogen-bond donors (Lipinski definition) is 2. The summed E-state index contributed by atoms with van der Waals surface area (Å²) in [5, 5.41) is 13.5. The smallest absolute Gasteiger partial charge is 0.338 e. The minimum Gasteiger partial charge on any atom is -0.478 e. The van der Waals surface area contributed by atoms with Gasteiger partial charge in [-0.15, -0.1) is 0 Å². The predicted molar refractivity (Wildman–Crippen MR) is 195 cm³/mol. The molecule has 0 aromatic carbocycles. The molecular formula is C32H57N7O6Si3. The minimum absolute atomic E-state index is 0.00271. The first-order valence-electron chi connectivity index (χ1n) is 16.6. The van der Waals surface area contributed by atoms with E-state index in [9.17, 15) is 9.90 Å². The summed E-state index contributed by atoms with van der Waals surface area (Å²) in [5.74, 6) is -0.863. The Morgan fingerprint density at radius 2 is 1.44 bits per heavy atom. The Bertz CT molecular complexity index is 1640. The average molecular weight is 720 g/mol. The Kier molecular flexibility index (Phi) is 10.1. The minimum atomic E-state index is -2.39. The molecule has 4 heterocycles. The Labute approximate surface area is 288 Å². The molecule has 4 rings (SSSR count). The SMILES string of the molecule is CC(C)(C)[Si](C)(C)OC[C@H]1OC(n2cnc3c(N)nc(-n4cc(C(=O)O)cn4)nc32)C(O[Si](C)(C)C(C)(C)C)C1O[Si](C)(C)C(C)(C)C. The van der Waals surface area contributed by atoms with Crippen molar-refractivity contribution in [1.29, 1.82) is 0 Å². The van der Waals surface area contributed by atoms with E-state index in [0.717, 1.165) is 0 Å². The van der Waals surface area contributed by atoms with Gasteiger partial charge >= 0.3 is 5.97 Å². The highest BCUT2D eigenvalue weighted by Crippen LogP contribution is 2.47. The van der Waals surface area contributed by atoms with Crippen LogP contribution in [0, 0.1) is 0 Å². The van der Waals surface area contributed by atoms with Crippen LogP contribution in [0.3, 0.4) is 0 Å². The Balaban J connectivity index is 1.89. The fourth-order valence-electron chi connectivity index (χ4n) is 4.63. The molecule has 1 aliphatic heterocycles. The summed E-state index contributed by atoms with van der Waals surface area (Å²) in [6.45, 7) is 33.8. The zero-order chi connectivity index (χ0) is 36.4. The van der Waals surface area contributed by atoms with Crippen LogP contribution in [0.25, 0.3) is 17.1 Å². The second-order valence-electron chi connectivity index (χ2n) is 17.5. The fraction of sp³-hybridized carbons (Fsp3) is 0.719. The molecule has 3 aromatic heterocycles. The zero-order valence-electron chi connectivity index (χ0n) is 31.5. The normalized spacial score (nSPS) is 21.7. The third-order valence-corrected chi connectivity index (χ3v) is 24.4. The van der Waals surface area contributed by atoms with Gasteiger partial charge in [-0.25, -0.2) is 14.5 Å². The highest BCUT2D eigenvalue weighted by molar-refractivity contribution is 6.75. The highest BCUT2D eigenvalue weighted by atomic mass is 28.4. The highest BCUT2D eigenvalue weighted by Gasteiger charge is 2.55. The lowest BCUT2D eigenvalue weighted by atomic mass is 10.1. The number of carboxylic acids is 1. The van der Waals surface area contributed by atoms with E-state index in [4.69, 9.17) is 28.7 Å². The van der Waals surface area contributed by atoms with E-state index >= 15 is 0 Å². The molecule has 0 radical (unpaired) electrons. The zero-order valence-corrected chi connectivity index (χ0v) is 34.5. The largest absolute Gasteiger partial charge is 0.478 e. The number of rotatable bonds is 10. The van der Waals surface area contributed by atoms with Gasteiger partial charge in [0.15, 0.2) is 42.6 Å². The molecule has 0 amide bonds. The maximum absolute atomic E-state index is 11.5. The number of aromatic nitrogens is 6. The summed E-state index contributed by atoms with van der Waals surface area (Å²) >= 11 is 0. The Morgan fingerprint density at radius 3 is 1.94 bits per heavy atom. The van der Waals surface area contributed by atoms with E-state index in [1.165, 1.54) is 17.1 Å². The van der Waals surface area contributed by atoms with E-state index < -0.39 is 55.5 Å². The molecule has 3 N–H and O–H groups in total. The van der Waals surface area contributed by atoms with E-state index in [0.29, 0.717) is 17.8 Å². The van der Waals surface area contributed by atoms with Crippen molar-refractivity contribution in [2.24, 2.45) is 0 Å². The molecule has 1 fully saturated rings. The van der Waals surface area contributed by atoms with Crippen molar-refractivity contribution in [2.45, 2.75) is 141 Å². The van der Waals surface area contributed by atoms with Crippen molar-refractivity contribution in [3.05, 3.63) is 24.3 Å². The molecule has 0 spiro atoms. The van der Waals surface area contributed by atoms with Gasteiger partial charge in [0.05, 0.1) is 24.7 Å². The number of hydrogen-bond acceptors (Lipinski definition) is 10. The van der Waals surface area contributed by atoms with Crippen LogP contribution in [0.1, 0.15) is 78.9 Å². The van der Waals surface area contributed by atoms with E-state index in [-0.39, 0.29) is 32.4 Å². The van der Waals surface area contributed by atoms with E-state index in [1.807, 2.05) is 4.57 Å². The van der Waals surface area contributed by atoms with Crippen LogP contribution in [0.15, 0.2) is 18.7 Å². The standard InChI is InChI=1S/C32H57N7O6Si3/c1-30(2,3)46(10,11)42-18-21-23(44-47(12,13)31(4,5)6)24(45-48(14,15)32(7,8)9)27(43-21)38-19-34-22-25(33)36-29(37-26(22)38)39-17-20(16-35-39)28(40)41/h16-17,19,21,23-24,27H,18H2,1-15H3,(H,40,41)(H2,33,36,37)/t21-,23?,24?,27?/m1/s1. The maximum atomic E-state index is 11.5. The molecule has 4 atom stereocenters. The first-order chi connectivity index (χ1) is 21.7. The van der Waals surface area contributed by atoms with Crippen molar-refractivity contribution in [3.63, 3.8) is 0 Å². The van der Waals surface area contributed by atoms with Gasteiger partial charge in [-0.1, -0.05) is 62.3 Å². The van der Waals surface area contributed by atoms with Crippen molar-refractivity contribution < 1.29 is 27.9 Å². The van der Waals surface area contributed by atoms with Gasteiger partial charge in [0.1, 0.15) is 23.8 Å². The summed E-state index contributed by atoms with van der Waals surface area (Å²) < 4.78 is 31.5. The van der Waals surface area contributed by atoms with Crippen molar-refractivity contribution in [3.8, 4) is 5.95 Å². The van der Waals surface area contributed by atoms with Crippen molar-refractivity contribution >= 4 is 47.9 Å². The molecule has 3 aromatic rings. The molecule has 1 saturated heterocycles. The van der Waals surface area contributed by atoms with Crippen LogP contribution in [-0.2, 0) is 18.0 Å². The van der Waals surface area contributed by atoms with E-state index in [1.54, 1.807) is 6.33 Å². The van der Waals surface area contributed by atoms with Gasteiger partial charge in [-0.3, -0.25) is 4.57 Å². The first kappa shape index (κ1) is 38.3. The van der Waals surface area contributed by atoms with Crippen LogP contribution >= 0.6 is 0 Å². The molecule has 3 unspecified atom stereocenters. The predicted octanol–water partition coefficient (Wildman–Crippen LogP) is 6.99. The third-order valence-electron chi connectivity index (χ3n) is 10.9. The van der Waals surface area contributed by atoms with Gasteiger partial charge < -0.3 is 28.9 Å². The summed E-state index contributed by atoms with van der Waals surface area (Å²) in [6.07, 6.45) is 2.16. The number of aromatic carboxylic acids is 1. The second-order valence-corrected chi connectivity index (χ2v) is 31.9. The van der Waals surface area contributed by atoms with Crippen LogP contribution in [0.5, 0.6) is 0 Å². The molecule has 48 heavy (non-hydrogen) atoms. The van der Waals surface area contributed by atoms with Crippen molar-refractivity contribution in [1.82, 2.24) is 29.3 Å². The van der Waals surface area contributed by atoms with Gasteiger partial charge in [-0.2, -0.15) is 15.1 Å². The molecule has 0 bridgehead atoms. The quantitative estimate of drug-likeness (QED) is 0.208. The molecule has 1 aliphatic rings. The van der Waals surface area contributed by atoms with Gasteiger partial charge in [-0.05, 0) is 54.4 Å². The number of carboxylic acid groups (broad SMARTS) is 1. The molecular weight excluding hydrogens is 663 g/mol. The van der Waals surface area contributed by atoms with Crippen LogP contribution in [0.2, 0.25) is 54.4 Å². The number of nitrogen functional groups attached to an aromatic ring is 1. The summed E-state index contributed by atoms with van der Waals surface area (Å²) in [5.41, 5.74) is 7.21. The van der Waals surface area contributed by atoms with Crippen LogP contribution in [0.4, 0.5) is 5.82 Å². The summed E-state index contributed by atoms with van der Waals surface area (Å²) in [7, 11) is -6.89. The second kappa shape index (κ2) is 12.7. The van der Waals surface area contributed by atoms with Crippen LogP contribution in [-0.4, -0.2) is 90.2 Å². The lowest BCUT2D eigenvalue weighted by Gasteiger charge is -2.44. The third kappa shape index (κ3) is 7.49. The van der Waals surface area contributed by atoms with Crippen LogP contribution < -0.4 is 5.73 Å². The van der Waals surface area contributed by atoms with Gasteiger partial charge in [0.25, 0.3) is 5.95 Å². The molecule has 268 valence electrons. The lowest BCUT2D eigenvalue weighted by molar-refractivity contribution is -0.0470. The number of nitrogens with zero attached hydrogens (tertiary/aromatic N) is 6. The number of anilines is 1. The average Bonchev–Trinajstić information content (AvgIpc) is 3.64. The molecule has 0 saturated carbocycles. The Morgan fingerprint density at radius 1 is 0.896 bits per heavy atom. The number of imidazole rings is 1. The number of ether oxygens (including phenoxy) is 1. The van der Waals surface area contributed by atoms with Gasteiger partial charge in [0, 0.05) is 6.20 Å². The van der Waals surface area contributed by atoms with E-state index in [2.05, 4.69) is 117 Å². The Hall–Kier alpha value is -2.48. The maximum Gasteiger partial charge on any atom is 0.338 e. The molecule has 13 nitrogen and oxygen atoms in total. The summed E-state index contributed by atoms with van der Waals surface area (Å²) in [6, 6.07) is 0. The molecule has 0 aliphatic carbocycles. The topological polar surface area (TPSA) is 162 Å². The summed E-state index contributed by atoms with van der Waals surface area (Å²) in [4.78, 5) is 25.3. The lowest BCUT2D eigenvalue weighted by Crippen LogP contribution is -2.54. The number of nitrogens with two attached hydrogens (primary N) is 1.